The first-order valence-corrected chi connectivity index (χ1v) is 9.57. The van der Waals surface area contributed by atoms with E-state index in [-0.39, 0.29) is 11.1 Å². The Labute approximate surface area is 144 Å². The predicted molar refractivity (Wildman–Crippen MR) is 102 cm³/mol. The fraction of sp³-hybridized carbons (Fsp3) is 0.579. The first-order valence-electron chi connectivity index (χ1n) is 8.58. The Kier molecular flexibility index (Phi) is 4.65. The molecule has 3 nitrogen and oxygen atoms in total. The minimum Gasteiger partial charge on any atom is -0.316 e. The van der Waals surface area contributed by atoms with Gasteiger partial charge in [-0.2, -0.15) is 0 Å². The lowest BCUT2D eigenvalue weighted by molar-refractivity contribution is 0.332. The van der Waals surface area contributed by atoms with Crippen LogP contribution in [-0.2, 0) is 5.41 Å². The molecule has 1 spiro atoms. The molecule has 124 valence electrons. The number of aliphatic imine (C=N–C) groups is 2. The average molecular weight is 330 g/mol. The summed E-state index contributed by atoms with van der Waals surface area (Å²) in [4.78, 5) is 10.1. The Morgan fingerprint density at radius 1 is 1.09 bits per heavy atom. The fourth-order valence-corrected chi connectivity index (χ4v) is 3.94. The molecule has 0 bridgehead atoms. The Hall–Kier alpha value is -1.13. The van der Waals surface area contributed by atoms with Crippen molar-refractivity contribution in [1.82, 2.24) is 5.32 Å². The van der Waals surface area contributed by atoms with E-state index in [1.165, 1.54) is 11.1 Å². The number of hydrogen-bond acceptors (Lipinski definition) is 4. The number of nitrogens with one attached hydrogen (secondary N) is 1. The number of benzene rings is 1. The van der Waals surface area contributed by atoms with Crippen LogP contribution < -0.4 is 5.32 Å². The van der Waals surface area contributed by atoms with Gasteiger partial charge in [0.05, 0.1) is 5.71 Å². The summed E-state index contributed by atoms with van der Waals surface area (Å²) in [5.41, 5.74) is 3.63. The third-order valence-corrected chi connectivity index (χ3v) is 5.39. The lowest BCUT2D eigenvalue weighted by Gasteiger charge is -2.28. The highest BCUT2D eigenvalue weighted by Gasteiger charge is 2.37. The van der Waals surface area contributed by atoms with Crippen LogP contribution in [0.4, 0.5) is 0 Å². The van der Waals surface area contributed by atoms with Crippen LogP contribution in [0.1, 0.15) is 51.7 Å². The molecular formula is C19H27N3S. The molecule has 0 atom stereocenters. The molecule has 1 fully saturated rings. The van der Waals surface area contributed by atoms with Crippen molar-refractivity contribution >= 4 is 22.5 Å². The van der Waals surface area contributed by atoms with Gasteiger partial charge in [0.1, 0.15) is 5.04 Å². The maximum atomic E-state index is 5.09. The molecule has 1 N–H and O–H groups in total. The highest BCUT2D eigenvalue weighted by molar-refractivity contribution is 8.15. The van der Waals surface area contributed by atoms with Gasteiger partial charge < -0.3 is 5.32 Å². The zero-order valence-corrected chi connectivity index (χ0v) is 15.5. The molecule has 4 heteroatoms. The smallest absolute Gasteiger partial charge is 0.154 e. The number of rotatable bonds is 2. The second-order valence-corrected chi connectivity index (χ2v) is 8.62. The summed E-state index contributed by atoms with van der Waals surface area (Å²) >= 11 is 1.82. The zero-order chi connectivity index (χ0) is 16.5. The highest BCUT2D eigenvalue weighted by Crippen LogP contribution is 2.34. The first kappa shape index (κ1) is 16.7. The maximum Gasteiger partial charge on any atom is 0.154 e. The van der Waals surface area contributed by atoms with Crippen LogP contribution in [0.5, 0.6) is 0 Å². The van der Waals surface area contributed by atoms with Gasteiger partial charge >= 0.3 is 0 Å². The van der Waals surface area contributed by atoms with E-state index in [1.54, 1.807) is 0 Å². The van der Waals surface area contributed by atoms with Gasteiger partial charge in [-0.05, 0) is 29.8 Å². The standard InChI is InChI=1S/C19H27N3S/c1-5-23-17-16(21-19(22-17)10-12-20-13-11-19)14-6-8-15(9-7-14)18(2,3)4/h6-9,20H,5,10-13H2,1-4H3. The molecule has 1 aromatic rings. The lowest BCUT2D eigenvalue weighted by Crippen LogP contribution is -2.38. The van der Waals surface area contributed by atoms with Crippen LogP contribution in [-0.4, -0.2) is 35.3 Å². The molecule has 0 saturated carbocycles. The van der Waals surface area contributed by atoms with Crippen molar-refractivity contribution in [2.24, 2.45) is 9.98 Å². The SMILES string of the molecule is CCSC1=NC2(CCNCC2)N=C1c1ccc(C(C)(C)C)cc1. The van der Waals surface area contributed by atoms with Crippen molar-refractivity contribution in [3.63, 3.8) is 0 Å². The van der Waals surface area contributed by atoms with Crippen LogP contribution in [0.25, 0.3) is 0 Å². The van der Waals surface area contributed by atoms with Gasteiger partial charge in [0.2, 0.25) is 0 Å². The van der Waals surface area contributed by atoms with Gasteiger partial charge in [0, 0.05) is 18.4 Å². The minimum atomic E-state index is -0.208. The van der Waals surface area contributed by atoms with Crippen molar-refractivity contribution in [3.05, 3.63) is 35.4 Å². The Balaban J connectivity index is 1.93. The van der Waals surface area contributed by atoms with E-state index in [4.69, 9.17) is 9.98 Å². The summed E-state index contributed by atoms with van der Waals surface area (Å²) in [7, 11) is 0. The molecule has 1 aromatic carbocycles. The summed E-state index contributed by atoms with van der Waals surface area (Å²) in [5, 5.41) is 4.54. The Morgan fingerprint density at radius 2 is 1.74 bits per heavy atom. The van der Waals surface area contributed by atoms with E-state index in [1.807, 2.05) is 11.8 Å². The molecule has 3 rings (SSSR count). The summed E-state index contributed by atoms with van der Waals surface area (Å²) in [6, 6.07) is 8.90. The van der Waals surface area contributed by atoms with Gasteiger partial charge in [-0.1, -0.05) is 52.0 Å². The molecule has 2 aliphatic rings. The summed E-state index contributed by atoms with van der Waals surface area (Å²) in [6.07, 6.45) is 2.01. The van der Waals surface area contributed by atoms with Crippen LogP contribution in [0.15, 0.2) is 34.3 Å². The number of hydrogen-bond donors (Lipinski definition) is 1. The summed E-state index contributed by atoms with van der Waals surface area (Å²) in [6.45, 7) is 10.9. The second kappa shape index (κ2) is 6.40. The fourth-order valence-electron chi connectivity index (χ4n) is 3.13. The van der Waals surface area contributed by atoms with Crippen LogP contribution in [0, 0.1) is 0 Å². The summed E-state index contributed by atoms with van der Waals surface area (Å²) < 4.78 is 0. The molecule has 0 aromatic heterocycles. The summed E-state index contributed by atoms with van der Waals surface area (Å²) in [5.74, 6) is 1.03. The van der Waals surface area contributed by atoms with Crippen molar-refractivity contribution in [2.45, 2.75) is 51.6 Å². The molecular weight excluding hydrogens is 302 g/mol. The van der Waals surface area contributed by atoms with E-state index in [9.17, 15) is 0 Å². The zero-order valence-electron chi connectivity index (χ0n) is 14.6. The molecule has 1 saturated heterocycles. The second-order valence-electron chi connectivity index (χ2n) is 7.37. The van der Waals surface area contributed by atoms with Gasteiger partial charge in [-0.25, -0.2) is 4.99 Å². The Bertz CT molecular complexity index is 617. The third-order valence-electron chi connectivity index (χ3n) is 4.54. The minimum absolute atomic E-state index is 0.182. The first-order chi connectivity index (χ1) is 10.9. The van der Waals surface area contributed by atoms with Gasteiger partial charge in [-0.3, -0.25) is 4.99 Å². The average Bonchev–Trinajstić information content (AvgIpc) is 2.86. The van der Waals surface area contributed by atoms with Gasteiger partial charge in [-0.15, -0.1) is 11.8 Å². The molecule has 0 amide bonds. The molecule has 2 aliphatic heterocycles. The van der Waals surface area contributed by atoms with Crippen LogP contribution in [0.3, 0.4) is 0 Å². The Morgan fingerprint density at radius 3 is 2.30 bits per heavy atom. The molecule has 0 unspecified atom stereocenters. The van der Waals surface area contributed by atoms with Crippen molar-refractivity contribution in [1.29, 1.82) is 0 Å². The topological polar surface area (TPSA) is 36.8 Å². The number of nitrogens with zero attached hydrogens (tertiary/aromatic N) is 2. The van der Waals surface area contributed by atoms with E-state index in [0.717, 1.165) is 42.4 Å². The molecule has 0 radical (unpaired) electrons. The normalized spacial score (nSPS) is 20.5. The lowest BCUT2D eigenvalue weighted by atomic mass is 9.86. The number of thioether (sulfide) groups is 1. The van der Waals surface area contributed by atoms with Gasteiger partial charge in [0.25, 0.3) is 0 Å². The largest absolute Gasteiger partial charge is 0.316 e. The van der Waals surface area contributed by atoms with Crippen molar-refractivity contribution in [2.75, 3.05) is 18.8 Å². The monoisotopic (exact) mass is 329 g/mol. The van der Waals surface area contributed by atoms with E-state index in [0.29, 0.717) is 0 Å². The van der Waals surface area contributed by atoms with E-state index < -0.39 is 0 Å². The van der Waals surface area contributed by atoms with Crippen molar-refractivity contribution < 1.29 is 0 Å². The maximum absolute atomic E-state index is 5.09. The van der Waals surface area contributed by atoms with Gasteiger partial charge in [0.15, 0.2) is 5.66 Å². The van der Waals surface area contributed by atoms with E-state index in [2.05, 4.69) is 57.3 Å². The van der Waals surface area contributed by atoms with E-state index >= 15 is 0 Å². The van der Waals surface area contributed by atoms with Crippen LogP contribution >= 0.6 is 11.8 Å². The quantitative estimate of drug-likeness (QED) is 0.890. The highest BCUT2D eigenvalue weighted by atomic mass is 32.2. The molecule has 2 heterocycles. The third kappa shape index (κ3) is 3.53. The predicted octanol–water partition coefficient (Wildman–Crippen LogP) is 4.02. The molecule has 23 heavy (non-hydrogen) atoms. The van der Waals surface area contributed by atoms with Crippen molar-refractivity contribution in [3.8, 4) is 0 Å². The molecule has 0 aliphatic carbocycles. The van der Waals surface area contributed by atoms with Crippen LogP contribution in [0.2, 0.25) is 0 Å². The number of piperidine rings is 1.